The maximum atomic E-state index is 13.5. The molecular weight excluding hydrogens is 768 g/mol. The van der Waals surface area contributed by atoms with Gasteiger partial charge in [-0.3, -0.25) is 19.7 Å². The van der Waals surface area contributed by atoms with E-state index in [1.807, 2.05) is 11.0 Å². The molecule has 3 amide bonds. The number of hydrogen-bond acceptors (Lipinski definition) is 8. The molecule has 0 aliphatic carbocycles. The zero-order chi connectivity index (χ0) is 41.6. The molecule has 9 rings (SSSR count). The van der Waals surface area contributed by atoms with Crippen molar-refractivity contribution in [3.8, 4) is 6.07 Å². The molecule has 60 heavy (non-hydrogen) atoms. The average Bonchev–Trinajstić information content (AvgIpc) is 3.59. The van der Waals surface area contributed by atoms with Crippen LogP contribution in [0.1, 0.15) is 103 Å². The Morgan fingerprint density at radius 3 is 1.98 bits per heavy atom. The van der Waals surface area contributed by atoms with Gasteiger partial charge in [0, 0.05) is 81.4 Å². The molecule has 6 heterocycles. The van der Waals surface area contributed by atoms with Gasteiger partial charge < -0.3 is 24.5 Å². The Bertz CT molecular complexity index is 2140. The normalized spacial score (nSPS) is 23.2. The second-order valence-corrected chi connectivity index (χ2v) is 18.2. The van der Waals surface area contributed by atoms with E-state index in [1.54, 1.807) is 17.0 Å². The maximum absolute atomic E-state index is 13.5. The van der Waals surface area contributed by atoms with Gasteiger partial charge in [-0.05, 0) is 148 Å². The predicted molar refractivity (Wildman–Crippen MR) is 224 cm³/mol. The van der Waals surface area contributed by atoms with Gasteiger partial charge in [0.25, 0.3) is 5.91 Å². The van der Waals surface area contributed by atoms with Crippen LogP contribution in [0, 0.1) is 22.7 Å². The van der Waals surface area contributed by atoms with Gasteiger partial charge in [0.05, 0.1) is 17.2 Å². The molecule has 0 radical (unpaired) electrons. The van der Waals surface area contributed by atoms with Gasteiger partial charge in [-0.1, -0.05) is 12.1 Å². The van der Waals surface area contributed by atoms with Gasteiger partial charge in [0.1, 0.15) is 6.04 Å². The highest BCUT2D eigenvalue weighted by Crippen LogP contribution is 2.43. The van der Waals surface area contributed by atoms with Crippen molar-refractivity contribution in [2.24, 2.45) is 11.3 Å². The molecule has 0 aromatic heterocycles. The molecule has 1 unspecified atom stereocenters. The Kier molecular flexibility index (Phi) is 11.0. The van der Waals surface area contributed by atoms with Gasteiger partial charge in [0.15, 0.2) is 0 Å². The fraction of sp³-hybridized carbons (Fsp3) is 0.532. The van der Waals surface area contributed by atoms with E-state index in [4.69, 9.17) is 5.26 Å². The summed E-state index contributed by atoms with van der Waals surface area (Å²) >= 11 is 0. The number of anilines is 3. The molecule has 13 heteroatoms. The summed E-state index contributed by atoms with van der Waals surface area (Å²) in [6, 6.07) is 20.2. The van der Waals surface area contributed by atoms with Crippen LogP contribution in [0.25, 0.3) is 0 Å². The lowest BCUT2D eigenvalue weighted by Crippen LogP contribution is -2.52. The number of benzene rings is 3. The van der Waals surface area contributed by atoms with E-state index in [9.17, 15) is 27.6 Å². The Balaban J connectivity index is 0.698. The summed E-state index contributed by atoms with van der Waals surface area (Å²) in [6.45, 7) is 9.42. The number of nitriles is 1. The Hall–Kier alpha value is -5.09. The first-order chi connectivity index (χ1) is 28.9. The van der Waals surface area contributed by atoms with Crippen LogP contribution in [-0.2, 0) is 22.3 Å². The number of fused-ring (bicyclic) bond motifs is 1. The number of rotatable bonds is 7. The third-order valence-corrected chi connectivity index (χ3v) is 14.8. The second kappa shape index (κ2) is 16.4. The van der Waals surface area contributed by atoms with E-state index < -0.39 is 17.8 Å². The van der Waals surface area contributed by atoms with Crippen LogP contribution >= 0.6 is 0 Å². The minimum atomic E-state index is -4.55. The maximum Gasteiger partial charge on any atom is 0.417 e. The van der Waals surface area contributed by atoms with Gasteiger partial charge >= 0.3 is 6.18 Å². The molecule has 6 aliphatic rings. The lowest BCUT2D eigenvalue weighted by molar-refractivity contribution is -0.138. The zero-order valence-electron chi connectivity index (χ0n) is 34.2. The summed E-state index contributed by atoms with van der Waals surface area (Å²) in [6.07, 6.45) is 5.07. The minimum Gasteiger partial charge on any atom is -0.372 e. The summed E-state index contributed by atoms with van der Waals surface area (Å²) in [4.78, 5) is 48.6. The van der Waals surface area contributed by atoms with Crippen molar-refractivity contribution in [1.82, 2.24) is 15.1 Å². The van der Waals surface area contributed by atoms with Crippen molar-refractivity contribution in [3.05, 3.63) is 88.5 Å². The number of nitrogens with one attached hydrogen (secondary N) is 1. The number of likely N-dealkylation sites (tertiary alicyclic amines) is 1. The number of hydrogen-bond donors (Lipinski definition) is 1. The first-order valence-corrected chi connectivity index (χ1v) is 21.9. The number of alkyl halides is 3. The van der Waals surface area contributed by atoms with E-state index in [2.05, 4.69) is 56.4 Å². The number of imide groups is 1. The predicted octanol–water partition coefficient (Wildman–Crippen LogP) is 7.32. The minimum absolute atomic E-state index is 0.125. The largest absolute Gasteiger partial charge is 0.417 e. The Labute approximate surface area is 350 Å². The number of amides is 3. The van der Waals surface area contributed by atoms with E-state index in [-0.39, 0.29) is 29.7 Å². The smallest absolute Gasteiger partial charge is 0.372 e. The molecule has 3 aromatic rings. The van der Waals surface area contributed by atoms with Crippen molar-refractivity contribution in [3.63, 3.8) is 0 Å². The summed E-state index contributed by atoms with van der Waals surface area (Å²) < 4.78 is 40.6. The molecular formula is C47H54F3N7O3. The van der Waals surface area contributed by atoms with Crippen LogP contribution < -0.4 is 20.0 Å². The molecule has 0 bridgehead atoms. The quantitative estimate of drug-likeness (QED) is 0.248. The lowest BCUT2D eigenvalue weighted by Gasteiger charge is -2.48. The van der Waals surface area contributed by atoms with Crippen LogP contribution in [0.15, 0.2) is 60.7 Å². The summed E-state index contributed by atoms with van der Waals surface area (Å²) in [5, 5.41) is 11.5. The van der Waals surface area contributed by atoms with Crippen LogP contribution in [0.5, 0.6) is 0 Å². The highest BCUT2D eigenvalue weighted by molar-refractivity contribution is 6.05. The monoisotopic (exact) mass is 821 g/mol. The van der Waals surface area contributed by atoms with Gasteiger partial charge in [0.2, 0.25) is 11.8 Å². The topological polar surface area (TPSA) is 103 Å². The first kappa shape index (κ1) is 40.3. The number of nitrogens with zero attached hydrogens (tertiary/aromatic N) is 6. The zero-order valence-corrected chi connectivity index (χ0v) is 34.2. The molecule has 1 N–H and O–H groups in total. The molecule has 0 saturated carbocycles. The van der Waals surface area contributed by atoms with Crippen molar-refractivity contribution in [1.29, 1.82) is 5.26 Å². The summed E-state index contributed by atoms with van der Waals surface area (Å²) in [7, 11) is 0. The molecule has 5 fully saturated rings. The average molecular weight is 822 g/mol. The fourth-order valence-corrected chi connectivity index (χ4v) is 10.9. The van der Waals surface area contributed by atoms with Crippen molar-refractivity contribution < 1.29 is 27.6 Å². The fourth-order valence-electron chi connectivity index (χ4n) is 10.9. The molecule has 3 aromatic carbocycles. The highest BCUT2D eigenvalue weighted by Gasteiger charge is 2.41. The molecule has 1 spiro atoms. The number of halogens is 3. The van der Waals surface area contributed by atoms with E-state index >= 15 is 0 Å². The van der Waals surface area contributed by atoms with Gasteiger partial charge in [-0.25, -0.2) is 0 Å². The summed E-state index contributed by atoms with van der Waals surface area (Å²) in [5.41, 5.74) is 5.06. The van der Waals surface area contributed by atoms with Crippen LogP contribution in [-0.4, -0.2) is 92.5 Å². The standard InChI is InChI=1S/C47H54F3N7O3/c48-47(49,50)41-28-39(6-3-35(41)29-51)55-21-13-34(14-22-55)33-1-4-37(5-2-33)54-19-11-32(12-20-54)30-53-23-15-46(16-24-53)17-25-56(26-18-46)38-7-8-40-36(27-38)31-57(45(40)60)42-9-10-43(58)52-44(42)59/h1-8,27-28,32,34,42H,9-26,30-31H2,(H,52,58,59). The number of piperidine rings is 5. The Morgan fingerprint density at radius 2 is 1.32 bits per heavy atom. The van der Waals surface area contributed by atoms with Crippen LogP contribution in [0.2, 0.25) is 0 Å². The van der Waals surface area contributed by atoms with Crippen molar-refractivity contribution in [2.75, 3.05) is 73.6 Å². The molecule has 6 aliphatic heterocycles. The molecule has 5 saturated heterocycles. The Morgan fingerprint density at radius 1 is 0.717 bits per heavy atom. The van der Waals surface area contributed by atoms with Crippen LogP contribution in [0.3, 0.4) is 0 Å². The molecule has 10 nitrogen and oxygen atoms in total. The van der Waals surface area contributed by atoms with E-state index in [0.717, 1.165) is 56.3 Å². The van der Waals surface area contributed by atoms with E-state index in [0.29, 0.717) is 54.6 Å². The summed E-state index contributed by atoms with van der Waals surface area (Å²) in [5.74, 6) is 0.309. The third kappa shape index (κ3) is 8.19. The number of carbonyl (C=O) groups is 3. The molecule has 316 valence electrons. The van der Waals surface area contributed by atoms with Gasteiger partial charge in [-0.15, -0.1) is 0 Å². The lowest BCUT2D eigenvalue weighted by atomic mass is 9.71. The van der Waals surface area contributed by atoms with Crippen LogP contribution in [0.4, 0.5) is 30.2 Å². The third-order valence-electron chi connectivity index (χ3n) is 14.8. The SMILES string of the molecule is N#Cc1ccc(N2CCC(c3ccc(N4CCC(CN5CCC6(CC5)CCN(c5ccc7c(c5)CN(C5CCC(=O)NC5=O)C7=O)CC6)CC4)cc3)CC2)cc1C(F)(F)F. The van der Waals surface area contributed by atoms with Crippen molar-refractivity contribution >= 4 is 34.8 Å². The number of carbonyl (C=O) groups excluding carboxylic acids is 3. The van der Waals surface area contributed by atoms with E-state index in [1.165, 1.54) is 75.5 Å². The first-order valence-electron chi connectivity index (χ1n) is 21.9. The van der Waals surface area contributed by atoms with Crippen molar-refractivity contribution in [2.45, 2.75) is 88.9 Å². The highest BCUT2D eigenvalue weighted by atomic mass is 19.4. The molecule has 1 atom stereocenters. The van der Waals surface area contributed by atoms with Gasteiger partial charge in [-0.2, -0.15) is 18.4 Å². The second-order valence-electron chi connectivity index (χ2n) is 18.2.